The van der Waals surface area contributed by atoms with Gasteiger partial charge in [-0.1, -0.05) is 12.2 Å². The van der Waals surface area contributed by atoms with Crippen LogP contribution in [0.2, 0.25) is 0 Å². The van der Waals surface area contributed by atoms with Gasteiger partial charge in [0.25, 0.3) is 0 Å². The number of thiocarbonyl (C=S) groups is 1. The first-order chi connectivity index (χ1) is 8.25. The van der Waals surface area contributed by atoms with E-state index in [1.54, 1.807) is 18.3 Å². The lowest BCUT2D eigenvalue weighted by Gasteiger charge is -2.21. The molecule has 1 aliphatic rings. The van der Waals surface area contributed by atoms with Crippen molar-refractivity contribution in [3.63, 3.8) is 0 Å². The SMILES string of the molecule is NC(=S)c1ccnc(OCC2CCOCC2)c1. The summed E-state index contributed by atoms with van der Waals surface area (Å²) in [4.78, 5) is 4.50. The largest absolute Gasteiger partial charge is 0.477 e. The van der Waals surface area contributed by atoms with Gasteiger partial charge in [0.05, 0.1) is 6.61 Å². The molecule has 1 fully saturated rings. The minimum atomic E-state index is 0.364. The molecule has 1 aromatic heterocycles. The number of pyridine rings is 1. The van der Waals surface area contributed by atoms with Gasteiger partial charge in [-0.05, 0) is 24.8 Å². The third kappa shape index (κ3) is 3.64. The van der Waals surface area contributed by atoms with E-state index < -0.39 is 0 Å². The Labute approximate surface area is 106 Å². The third-order valence-corrected chi connectivity index (χ3v) is 3.06. The van der Waals surface area contributed by atoms with E-state index in [0.717, 1.165) is 31.6 Å². The van der Waals surface area contributed by atoms with Crippen LogP contribution in [-0.2, 0) is 4.74 Å². The summed E-state index contributed by atoms with van der Waals surface area (Å²) in [6, 6.07) is 3.56. The second-order valence-corrected chi connectivity index (χ2v) is 4.55. The van der Waals surface area contributed by atoms with Crippen LogP contribution < -0.4 is 10.5 Å². The molecule has 0 aliphatic carbocycles. The Bertz CT molecular complexity index is 392. The van der Waals surface area contributed by atoms with Gasteiger partial charge >= 0.3 is 0 Å². The molecule has 92 valence electrons. The van der Waals surface area contributed by atoms with Crippen molar-refractivity contribution in [2.45, 2.75) is 12.8 Å². The fourth-order valence-electron chi connectivity index (χ4n) is 1.76. The van der Waals surface area contributed by atoms with Gasteiger partial charge in [-0.3, -0.25) is 0 Å². The Hall–Kier alpha value is -1.20. The van der Waals surface area contributed by atoms with E-state index in [1.807, 2.05) is 0 Å². The standard InChI is InChI=1S/C12H16N2O2S/c13-12(17)10-1-4-14-11(7-10)16-8-9-2-5-15-6-3-9/h1,4,7,9H,2-3,5-6,8H2,(H2,13,17). The molecule has 0 saturated carbocycles. The number of aromatic nitrogens is 1. The van der Waals surface area contributed by atoms with Crippen molar-refractivity contribution in [1.82, 2.24) is 4.98 Å². The number of ether oxygens (including phenoxy) is 2. The lowest BCUT2D eigenvalue weighted by atomic mass is 10.0. The van der Waals surface area contributed by atoms with Crippen molar-refractivity contribution in [2.75, 3.05) is 19.8 Å². The molecule has 2 heterocycles. The molecule has 0 aromatic carbocycles. The summed E-state index contributed by atoms with van der Waals surface area (Å²) in [6.07, 6.45) is 3.76. The highest BCUT2D eigenvalue weighted by atomic mass is 32.1. The van der Waals surface area contributed by atoms with Gasteiger partial charge in [-0.25, -0.2) is 4.98 Å². The minimum absolute atomic E-state index is 0.364. The maximum Gasteiger partial charge on any atom is 0.213 e. The number of nitrogens with zero attached hydrogens (tertiary/aromatic N) is 1. The molecule has 1 saturated heterocycles. The van der Waals surface area contributed by atoms with Crippen LogP contribution in [-0.4, -0.2) is 29.8 Å². The summed E-state index contributed by atoms with van der Waals surface area (Å²) >= 11 is 4.91. The van der Waals surface area contributed by atoms with Crippen molar-refractivity contribution in [3.8, 4) is 5.88 Å². The first-order valence-corrected chi connectivity index (χ1v) is 6.13. The molecule has 2 N–H and O–H groups in total. The fourth-order valence-corrected chi connectivity index (χ4v) is 1.88. The molecular formula is C12H16N2O2S. The predicted octanol–water partition coefficient (Wildman–Crippen LogP) is 1.52. The van der Waals surface area contributed by atoms with Gasteiger partial charge in [0, 0.05) is 31.0 Å². The Morgan fingerprint density at radius 3 is 3.00 bits per heavy atom. The van der Waals surface area contributed by atoms with Gasteiger partial charge in [-0.2, -0.15) is 0 Å². The predicted molar refractivity (Wildman–Crippen MR) is 69.2 cm³/mol. The van der Waals surface area contributed by atoms with Crippen molar-refractivity contribution in [3.05, 3.63) is 23.9 Å². The highest BCUT2D eigenvalue weighted by molar-refractivity contribution is 7.80. The lowest BCUT2D eigenvalue weighted by molar-refractivity contribution is 0.0490. The van der Waals surface area contributed by atoms with Crippen molar-refractivity contribution < 1.29 is 9.47 Å². The maximum absolute atomic E-state index is 5.65. The van der Waals surface area contributed by atoms with Crippen LogP contribution in [0.3, 0.4) is 0 Å². The minimum Gasteiger partial charge on any atom is -0.477 e. The Morgan fingerprint density at radius 2 is 2.29 bits per heavy atom. The van der Waals surface area contributed by atoms with E-state index >= 15 is 0 Å². The highest BCUT2D eigenvalue weighted by Crippen LogP contribution is 2.17. The smallest absolute Gasteiger partial charge is 0.213 e. The van der Waals surface area contributed by atoms with Gasteiger partial charge < -0.3 is 15.2 Å². The zero-order valence-corrected chi connectivity index (χ0v) is 10.4. The summed E-state index contributed by atoms with van der Waals surface area (Å²) in [5.74, 6) is 1.14. The topological polar surface area (TPSA) is 57.4 Å². The molecule has 1 aromatic rings. The van der Waals surface area contributed by atoms with Crippen LogP contribution in [0.15, 0.2) is 18.3 Å². The zero-order valence-electron chi connectivity index (χ0n) is 9.59. The van der Waals surface area contributed by atoms with Crippen LogP contribution in [0.4, 0.5) is 0 Å². The molecular weight excluding hydrogens is 236 g/mol. The number of hydrogen-bond acceptors (Lipinski definition) is 4. The van der Waals surface area contributed by atoms with Gasteiger partial charge in [0.1, 0.15) is 4.99 Å². The van der Waals surface area contributed by atoms with E-state index in [4.69, 9.17) is 27.4 Å². The van der Waals surface area contributed by atoms with Gasteiger partial charge in [0.15, 0.2) is 0 Å². The van der Waals surface area contributed by atoms with E-state index in [9.17, 15) is 0 Å². The normalized spacial score (nSPS) is 16.7. The Morgan fingerprint density at radius 1 is 1.53 bits per heavy atom. The van der Waals surface area contributed by atoms with Crippen molar-refractivity contribution in [1.29, 1.82) is 0 Å². The van der Waals surface area contributed by atoms with Crippen molar-refractivity contribution >= 4 is 17.2 Å². The molecule has 0 atom stereocenters. The fraction of sp³-hybridized carbons (Fsp3) is 0.500. The van der Waals surface area contributed by atoms with E-state index in [-0.39, 0.29) is 0 Å². The molecule has 0 amide bonds. The molecule has 0 spiro atoms. The second-order valence-electron chi connectivity index (χ2n) is 4.11. The number of hydrogen-bond donors (Lipinski definition) is 1. The van der Waals surface area contributed by atoms with Crippen LogP contribution in [0.5, 0.6) is 5.88 Å². The number of rotatable bonds is 4. The Balaban J connectivity index is 1.89. The zero-order chi connectivity index (χ0) is 12.1. The van der Waals surface area contributed by atoms with Crippen LogP contribution >= 0.6 is 12.2 Å². The Kier molecular flexibility index (Phi) is 4.28. The van der Waals surface area contributed by atoms with E-state index in [2.05, 4.69) is 4.98 Å². The van der Waals surface area contributed by atoms with Crippen molar-refractivity contribution in [2.24, 2.45) is 11.7 Å². The first-order valence-electron chi connectivity index (χ1n) is 5.72. The monoisotopic (exact) mass is 252 g/mol. The summed E-state index contributed by atoms with van der Waals surface area (Å²) in [5, 5.41) is 0. The first kappa shape index (κ1) is 12.3. The molecule has 0 bridgehead atoms. The average molecular weight is 252 g/mol. The molecule has 4 nitrogen and oxygen atoms in total. The molecule has 0 radical (unpaired) electrons. The average Bonchev–Trinajstić information content (AvgIpc) is 2.38. The summed E-state index contributed by atoms with van der Waals surface area (Å²) in [6.45, 7) is 2.33. The summed E-state index contributed by atoms with van der Waals surface area (Å²) in [7, 11) is 0. The van der Waals surface area contributed by atoms with Gasteiger partial charge in [-0.15, -0.1) is 0 Å². The summed E-state index contributed by atoms with van der Waals surface area (Å²) < 4.78 is 11.0. The van der Waals surface area contributed by atoms with E-state index in [1.165, 1.54) is 0 Å². The number of nitrogens with two attached hydrogens (primary N) is 1. The summed E-state index contributed by atoms with van der Waals surface area (Å²) in [5.41, 5.74) is 6.34. The third-order valence-electron chi connectivity index (χ3n) is 2.83. The van der Waals surface area contributed by atoms with Gasteiger partial charge in [0.2, 0.25) is 5.88 Å². The molecule has 5 heteroatoms. The molecule has 2 rings (SSSR count). The quantitative estimate of drug-likeness (QED) is 0.823. The molecule has 17 heavy (non-hydrogen) atoms. The highest BCUT2D eigenvalue weighted by Gasteiger charge is 2.14. The lowest BCUT2D eigenvalue weighted by Crippen LogP contribution is -2.21. The molecule has 0 unspecified atom stereocenters. The van der Waals surface area contributed by atoms with Crippen LogP contribution in [0, 0.1) is 5.92 Å². The van der Waals surface area contributed by atoms with Crippen LogP contribution in [0.1, 0.15) is 18.4 Å². The molecule has 1 aliphatic heterocycles. The maximum atomic E-state index is 5.65. The second kappa shape index (κ2) is 5.93. The van der Waals surface area contributed by atoms with E-state index in [0.29, 0.717) is 23.4 Å². The van der Waals surface area contributed by atoms with Crippen LogP contribution in [0.25, 0.3) is 0 Å².